The predicted octanol–water partition coefficient (Wildman–Crippen LogP) is 1.42. The van der Waals surface area contributed by atoms with Crippen LogP contribution in [0.15, 0.2) is 10.2 Å². The molecule has 0 aromatic rings. The summed E-state index contributed by atoms with van der Waals surface area (Å²) in [6.45, 7) is 9.66. The lowest BCUT2D eigenvalue weighted by Gasteiger charge is -2.19. The summed E-state index contributed by atoms with van der Waals surface area (Å²) in [6, 6.07) is 0. The average Bonchev–Trinajstić information content (AvgIpc) is 2.52. The van der Waals surface area contributed by atoms with Gasteiger partial charge in [-0.3, -0.25) is 15.6 Å². The van der Waals surface area contributed by atoms with Gasteiger partial charge < -0.3 is 15.4 Å². The van der Waals surface area contributed by atoms with E-state index in [-0.39, 0.29) is 5.97 Å². The normalized spacial score (nSPS) is 12.2. The van der Waals surface area contributed by atoms with Gasteiger partial charge in [0.05, 0.1) is 11.4 Å². The molecule has 0 bridgehead atoms. The van der Waals surface area contributed by atoms with Gasteiger partial charge >= 0.3 is 5.97 Å². The number of nitrogens with one attached hydrogen (secondary N) is 4. The van der Waals surface area contributed by atoms with Crippen molar-refractivity contribution in [3.63, 3.8) is 0 Å². The number of esters is 1. The first-order valence-electron chi connectivity index (χ1n) is 7.87. The number of hydrogen-bond donors (Lipinski definition) is 4. The summed E-state index contributed by atoms with van der Waals surface area (Å²) in [5, 5.41) is 14.7. The molecule has 0 amide bonds. The fourth-order valence-electron chi connectivity index (χ4n) is 1.35. The zero-order valence-electron chi connectivity index (χ0n) is 15.6. The minimum atomic E-state index is -0.460. The van der Waals surface area contributed by atoms with Crippen LogP contribution in [-0.4, -0.2) is 46.8 Å². The molecule has 25 heavy (non-hydrogen) atoms. The molecular weight excluding hydrogens is 360 g/mol. The Labute approximate surface area is 160 Å². The SMILES string of the molecule is CNC(=S)N/N=C(C)/C(C)=N/NC(=S)NCCCC(=O)OC(C)(C)C. The van der Waals surface area contributed by atoms with Crippen LogP contribution >= 0.6 is 24.4 Å². The van der Waals surface area contributed by atoms with E-state index in [9.17, 15) is 4.79 Å². The van der Waals surface area contributed by atoms with Crippen LogP contribution in [0.4, 0.5) is 0 Å². The summed E-state index contributed by atoms with van der Waals surface area (Å²) in [6.07, 6.45) is 0.948. The second-order valence-corrected chi connectivity index (χ2v) is 6.96. The Morgan fingerprint density at radius 1 is 1.04 bits per heavy atom. The minimum absolute atomic E-state index is 0.221. The maximum absolute atomic E-state index is 11.6. The first-order chi connectivity index (χ1) is 11.5. The van der Waals surface area contributed by atoms with E-state index in [4.69, 9.17) is 29.2 Å². The van der Waals surface area contributed by atoms with Crippen molar-refractivity contribution >= 4 is 52.1 Å². The van der Waals surface area contributed by atoms with Crippen LogP contribution < -0.4 is 21.5 Å². The summed E-state index contributed by atoms with van der Waals surface area (Å²) >= 11 is 10.0. The summed E-state index contributed by atoms with van der Waals surface area (Å²) in [7, 11) is 1.70. The van der Waals surface area contributed by atoms with Gasteiger partial charge in [0.2, 0.25) is 0 Å². The molecule has 0 atom stereocenters. The van der Waals surface area contributed by atoms with Crippen LogP contribution in [0.25, 0.3) is 0 Å². The van der Waals surface area contributed by atoms with Crippen LogP contribution in [0.3, 0.4) is 0 Å². The third-order valence-electron chi connectivity index (χ3n) is 2.66. The van der Waals surface area contributed by atoms with Crippen molar-refractivity contribution in [1.29, 1.82) is 0 Å². The van der Waals surface area contributed by atoms with Crippen LogP contribution in [0.2, 0.25) is 0 Å². The fourth-order valence-corrected chi connectivity index (χ4v) is 1.55. The van der Waals surface area contributed by atoms with Crippen molar-refractivity contribution in [2.75, 3.05) is 13.6 Å². The smallest absolute Gasteiger partial charge is 0.306 e. The first kappa shape index (κ1) is 23.2. The largest absolute Gasteiger partial charge is 0.460 e. The van der Waals surface area contributed by atoms with Gasteiger partial charge in [0.15, 0.2) is 10.2 Å². The number of ether oxygens (including phenoxy) is 1. The standard InChI is InChI=1S/C15H28N6O2S2/c1-10(18-20-13(24)16-6)11(2)19-21-14(25)17-9-7-8-12(22)23-15(3,4)5/h7-9H2,1-6H3,(H2,16,20,24)(H2,17,21,25)/b18-10+,19-11+. The van der Waals surface area contributed by atoms with Crippen molar-refractivity contribution in [2.45, 2.75) is 53.1 Å². The predicted molar refractivity (Wildman–Crippen MR) is 110 cm³/mol. The van der Waals surface area contributed by atoms with Gasteiger partial charge in [-0.15, -0.1) is 0 Å². The zero-order chi connectivity index (χ0) is 19.5. The molecule has 4 N–H and O–H groups in total. The van der Waals surface area contributed by atoms with Crippen molar-refractivity contribution in [2.24, 2.45) is 10.2 Å². The topological polar surface area (TPSA) is 99.1 Å². The Balaban J connectivity index is 4.10. The highest BCUT2D eigenvalue weighted by molar-refractivity contribution is 7.80. The highest BCUT2D eigenvalue weighted by Crippen LogP contribution is 2.08. The van der Waals surface area contributed by atoms with Gasteiger partial charge in [-0.1, -0.05) is 0 Å². The maximum atomic E-state index is 11.6. The number of carbonyl (C=O) groups is 1. The highest BCUT2D eigenvalue weighted by Gasteiger charge is 2.15. The van der Waals surface area contributed by atoms with Crippen LogP contribution in [0.5, 0.6) is 0 Å². The van der Waals surface area contributed by atoms with Gasteiger partial charge in [-0.25, -0.2) is 0 Å². The van der Waals surface area contributed by atoms with Gasteiger partial charge in [0.25, 0.3) is 0 Å². The second-order valence-electron chi connectivity index (χ2n) is 6.14. The molecule has 8 nitrogen and oxygen atoms in total. The molecule has 0 unspecified atom stereocenters. The Kier molecular flexibility index (Phi) is 10.8. The Bertz CT molecular complexity index is 541. The second kappa shape index (κ2) is 11.7. The van der Waals surface area contributed by atoms with Crippen molar-refractivity contribution in [1.82, 2.24) is 21.5 Å². The minimum Gasteiger partial charge on any atom is -0.460 e. The van der Waals surface area contributed by atoms with E-state index in [0.717, 1.165) is 0 Å². The zero-order valence-corrected chi connectivity index (χ0v) is 17.3. The Morgan fingerprint density at radius 3 is 2.04 bits per heavy atom. The van der Waals surface area contributed by atoms with Gasteiger partial charge in [0, 0.05) is 20.0 Å². The molecule has 0 spiro atoms. The molecule has 0 fully saturated rings. The third-order valence-corrected chi connectivity index (χ3v) is 3.20. The van der Waals surface area contributed by atoms with Crippen molar-refractivity contribution in [3.8, 4) is 0 Å². The molecular formula is C15H28N6O2S2. The number of carbonyl (C=O) groups excluding carboxylic acids is 1. The molecule has 0 aliphatic heterocycles. The number of hydrazone groups is 2. The summed E-state index contributed by atoms with van der Waals surface area (Å²) in [5.74, 6) is -0.221. The van der Waals surface area contributed by atoms with E-state index in [2.05, 4.69) is 31.7 Å². The third kappa shape index (κ3) is 13.2. The van der Waals surface area contributed by atoms with Gasteiger partial charge in [-0.05, 0) is 65.5 Å². The number of rotatable bonds is 7. The average molecular weight is 389 g/mol. The summed E-state index contributed by atoms with van der Waals surface area (Å²) < 4.78 is 5.23. The van der Waals surface area contributed by atoms with E-state index >= 15 is 0 Å². The van der Waals surface area contributed by atoms with Crippen molar-refractivity contribution < 1.29 is 9.53 Å². The molecule has 0 aliphatic rings. The molecule has 0 aliphatic carbocycles. The van der Waals surface area contributed by atoms with E-state index < -0.39 is 5.60 Å². The molecule has 0 aromatic heterocycles. The number of hydrogen-bond acceptors (Lipinski definition) is 6. The molecule has 0 aromatic carbocycles. The molecule has 0 saturated heterocycles. The van der Waals surface area contributed by atoms with Gasteiger partial charge in [-0.2, -0.15) is 10.2 Å². The number of nitrogens with zero attached hydrogens (tertiary/aromatic N) is 2. The first-order valence-corrected chi connectivity index (χ1v) is 8.69. The summed E-state index contributed by atoms with van der Waals surface area (Å²) in [4.78, 5) is 11.6. The van der Waals surface area contributed by atoms with Crippen LogP contribution in [0.1, 0.15) is 47.5 Å². The lowest BCUT2D eigenvalue weighted by Crippen LogP contribution is -2.34. The molecule has 0 rings (SSSR count). The van der Waals surface area contributed by atoms with Gasteiger partial charge in [0.1, 0.15) is 5.60 Å². The van der Waals surface area contributed by atoms with Crippen molar-refractivity contribution in [3.05, 3.63) is 0 Å². The summed E-state index contributed by atoms with van der Waals surface area (Å²) in [5.41, 5.74) is 6.26. The Morgan fingerprint density at radius 2 is 1.56 bits per heavy atom. The fraction of sp³-hybridized carbons (Fsp3) is 0.667. The molecule has 0 heterocycles. The lowest BCUT2D eigenvalue weighted by atomic mass is 10.2. The van der Waals surface area contributed by atoms with E-state index in [1.807, 2.05) is 20.8 Å². The molecule has 142 valence electrons. The maximum Gasteiger partial charge on any atom is 0.306 e. The van der Waals surface area contributed by atoms with E-state index in [0.29, 0.717) is 41.0 Å². The molecule has 0 radical (unpaired) electrons. The quantitative estimate of drug-likeness (QED) is 0.171. The molecule has 10 heteroatoms. The monoisotopic (exact) mass is 388 g/mol. The number of thiocarbonyl (C=S) groups is 2. The van der Waals surface area contributed by atoms with Crippen LogP contribution in [0, 0.1) is 0 Å². The van der Waals surface area contributed by atoms with E-state index in [1.165, 1.54) is 0 Å². The van der Waals surface area contributed by atoms with Crippen LogP contribution in [-0.2, 0) is 9.53 Å². The molecule has 0 saturated carbocycles. The highest BCUT2D eigenvalue weighted by atomic mass is 32.1. The lowest BCUT2D eigenvalue weighted by molar-refractivity contribution is -0.154. The van der Waals surface area contributed by atoms with E-state index in [1.54, 1.807) is 20.9 Å². The Hall–Kier alpha value is -1.81.